The monoisotopic (exact) mass is 320 g/mol. The molecule has 4 heteroatoms. The average Bonchev–Trinajstić information content (AvgIpc) is 2.99. The lowest BCUT2D eigenvalue weighted by atomic mass is 10.1. The Morgan fingerprint density at radius 2 is 1.75 bits per heavy atom. The largest absolute Gasteiger partial charge is 0.322 e. The molecule has 122 valence electrons. The Labute approximate surface area is 142 Å². The highest BCUT2D eigenvalue weighted by Gasteiger charge is 2.12. The van der Waals surface area contributed by atoms with Crippen LogP contribution < -0.4 is 9.88 Å². The fourth-order valence-electron chi connectivity index (χ4n) is 2.78. The molecule has 0 bridgehead atoms. The van der Waals surface area contributed by atoms with Gasteiger partial charge in [0.2, 0.25) is 6.33 Å². The van der Waals surface area contributed by atoms with Crippen molar-refractivity contribution < 1.29 is 9.36 Å². The van der Waals surface area contributed by atoms with Gasteiger partial charge in [-0.15, -0.1) is 0 Å². The molecule has 1 heterocycles. The Bertz CT molecular complexity index is 817. The molecule has 0 atom stereocenters. The first-order valence-electron chi connectivity index (χ1n) is 8.06. The van der Waals surface area contributed by atoms with Gasteiger partial charge in [-0.05, 0) is 30.5 Å². The van der Waals surface area contributed by atoms with Crippen molar-refractivity contribution >= 4 is 11.6 Å². The van der Waals surface area contributed by atoms with E-state index >= 15 is 0 Å². The number of anilines is 1. The molecule has 1 aromatic heterocycles. The maximum Gasteiger partial charge on any atom is 0.266 e. The van der Waals surface area contributed by atoms with E-state index < -0.39 is 0 Å². The van der Waals surface area contributed by atoms with Crippen molar-refractivity contribution in [2.75, 3.05) is 5.32 Å². The summed E-state index contributed by atoms with van der Waals surface area (Å²) in [6, 6.07) is 16.3. The van der Waals surface area contributed by atoms with E-state index in [1.807, 2.05) is 73.5 Å². The third-order valence-corrected chi connectivity index (χ3v) is 4.03. The molecule has 4 nitrogen and oxygen atoms in total. The van der Waals surface area contributed by atoms with Crippen LogP contribution in [0.25, 0.3) is 0 Å². The van der Waals surface area contributed by atoms with Crippen molar-refractivity contribution in [1.82, 2.24) is 4.57 Å². The van der Waals surface area contributed by atoms with Gasteiger partial charge in [0.15, 0.2) is 6.54 Å². The number of nitrogens with one attached hydrogen (secondary N) is 1. The smallest absolute Gasteiger partial charge is 0.266 e. The third kappa shape index (κ3) is 3.90. The molecule has 3 aromatic rings. The summed E-state index contributed by atoms with van der Waals surface area (Å²) in [7, 11) is 0. The maximum atomic E-state index is 12.3. The van der Waals surface area contributed by atoms with E-state index in [-0.39, 0.29) is 5.91 Å². The number of hydrogen-bond acceptors (Lipinski definition) is 1. The Hall–Kier alpha value is -2.88. The van der Waals surface area contributed by atoms with Crippen LogP contribution in [0.1, 0.15) is 16.7 Å². The Balaban J connectivity index is 1.63. The number of rotatable bonds is 5. The molecular formula is C20H22N3O+. The number of aromatic nitrogens is 2. The molecule has 0 aliphatic rings. The number of hydrogen-bond donors (Lipinski definition) is 1. The van der Waals surface area contributed by atoms with Crippen LogP contribution in [-0.2, 0) is 17.9 Å². The van der Waals surface area contributed by atoms with E-state index in [2.05, 4.69) is 22.0 Å². The second-order valence-corrected chi connectivity index (χ2v) is 6.06. The van der Waals surface area contributed by atoms with Gasteiger partial charge in [0.1, 0.15) is 18.9 Å². The second kappa shape index (κ2) is 7.13. The minimum atomic E-state index is -0.0186. The van der Waals surface area contributed by atoms with Crippen molar-refractivity contribution in [2.24, 2.45) is 0 Å². The summed E-state index contributed by atoms with van der Waals surface area (Å²) < 4.78 is 3.97. The SMILES string of the molecule is Cc1cccc(C)c1NC(=O)Cn1cc[n+](Cc2ccccc2)c1. The summed E-state index contributed by atoms with van der Waals surface area (Å²) in [5.74, 6) is -0.0186. The highest BCUT2D eigenvalue weighted by Crippen LogP contribution is 2.19. The third-order valence-electron chi connectivity index (χ3n) is 4.03. The van der Waals surface area contributed by atoms with Crippen LogP contribution in [0, 0.1) is 13.8 Å². The molecule has 0 fully saturated rings. The van der Waals surface area contributed by atoms with E-state index in [9.17, 15) is 4.79 Å². The van der Waals surface area contributed by atoms with Crippen molar-refractivity contribution in [3.05, 3.63) is 83.9 Å². The van der Waals surface area contributed by atoms with Crippen LogP contribution in [-0.4, -0.2) is 10.5 Å². The fraction of sp³-hybridized carbons (Fsp3) is 0.200. The van der Waals surface area contributed by atoms with Crippen molar-refractivity contribution in [3.8, 4) is 0 Å². The van der Waals surface area contributed by atoms with E-state index in [1.54, 1.807) is 0 Å². The molecule has 24 heavy (non-hydrogen) atoms. The van der Waals surface area contributed by atoms with Crippen molar-refractivity contribution in [3.63, 3.8) is 0 Å². The Kier molecular flexibility index (Phi) is 4.75. The summed E-state index contributed by atoms with van der Waals surface area (Å²) in [5.41, 5.74) is 4.30. The molecule has 0 aliphatic heterocycles. The molecule has 0 spiro atoms. The van der Waals surface area contributed by atoms with Gasteiger partial charge in [0.25, 0.3) is 5.91 Å². The van der Waals surface area contributed by atoms with Gasteiger partial charge in [0.05, 0.1) is 0 Å². The molecule has 0 saturated heterocycles. The minimum absolute atomic E-state index is 0.0186. The number of nitrogens with zero attached hydrogens (tertiary/aromatic N) is 2. The van der Waals surface area contributed by atoms with Crippen molar-refractivity contribution in [2.45, 2.75) is 26.9 Å². The van der Waals surface area contributed by atoms with Gasteiger partial charge < -0.3 is 5.32 Å². The van der Waals surface area contributed by atoms with Gasteiger partial charge in [-0.3, -0.25) is 4.79 Å². The van der Waals surface area contributed by atoms with Crippen LogP contribution in [0.15, 0.2) is 67.3 Å². The van der Waals surface area contributed by atoms with E-state index in [0.717, 1.165) is 23.4 Å². The fourth-order valence-corrected chi connectivity index (χ4v) is 2.78. The molecule has 0 aliphatic carbocycles. The van der Waals surface area contributed by atoms with E-state index in [1.165, 1.54) is 5.56 Å². The van der Waals surface area contributed by atoms with Gasteiger partial charge in [-0.25, -0.2) is 9.13 Å². The van der Waals surface area contributed by atoms with Crippen LogP contribution in [0.2, 0.25) is 0 Å². The molecule has 0 saturated carbocycles. The molecular weight excluding hydrogens is 298 g/mol. The predicted octanol–water partition coefficient (Wildman–Crippen LogP) is 3.08. The van der Waals surface area contributed by atoms with E-state index in [4.69, 9.17) is 0 Å². The summed E-state index contributed by atoms with van der Waals surface area (Å²) in [6.07, 6.45) is 5.86. The standard InChI is InChI=1S/C20H21N3O/c1-16-7-6-8-17(2)20(16)21-19(24)14-23-12-11-22(15-23)13-18-9-4-3-5-10-18/h3-12,15H,13-14H2,1-2H3/p+1. The number of amides is 1. The van der Waals surface area contributed by atoms with Gasteiger partial charge in [0, 0.05) is 5.69 Å². The average molecular weight is 320 g/mol. The predicted molar refractivity (Wildman–Crippen MR) is 94.7 cm³/mol. The number of imidazole rings is 1. The zero-order valence-electron chi connectivity index (χ0n) is 14.1. The summed E-state index contributed by atoms with van der Waals surface area (Å²) in [5, 5.41) is 3.02. The number of carbonyl (C=O) groups excluding carboxylic acids is 1. The van der Waals surface area contributed by atoms with Gasteiger partial charge in [-0.2, -0.15) is 0 Å². The molecule has 0 radical (unpaired) electrons. The first-order valence-corrected chi connectivity index (χ1v) is 8.06. The maximum absolute atomic E-state index is 12.3. The van der Waals surface area contributed by atoms with E-state index in [0.29, 0.717) is 6.54 Å². The number of aryl methyl sites for hydroxylation is 2. The van der Waals surface area contributed by atoms with Crippen LogP contribution in [0.4, 0.5) is 5.69 Å². The number of carbonyl (C=O) groups is 1. The molecule has 3 rings (SSSR count). The minimum Gasteiger partial charge on any atom is -0.322 e. The summed E-state index contributed by atoms with van der Waals surface area (Å²) in [6.45, 7) is 5.11. The lowest BCUT2D eigenvalue weighted by Crippen LogP contribution is -2.32. The zero-order chi connectivity index (χ0) is 16.9. The summed E-state index contributed by atoms with van der Waals surface area (Å²) >= 11 is 0. The first-order chi connectivity index (χ1) is 11.6. The Morgan fingerprint density at radius 1 is 1.04 bits per heavy atom. The number of para-hydroxylation sites is 1. The van der Waals surface area contributed by atoms with Crippen molar-refractivity contribution in [1.29, 1.82) is 0 Å². The molecule has 1 N–H and O–H groups in total. The number of benzene rings is 2. The molecule has 0 unspecified atom stereocenters. The first kappa shape index (κ1) is 16.0. The Morgan fingerprint density at radius 3 is 2.46 bits per heavy atom. The van der Waals surface area contributed by atoms with Gasteiger partial charge >= 0.3 is 0 Å². The molecule has 2 aromatic carbocycles. The normalized spacial score (nSPS) is 10.6. The topological polar surface area (TPSA) is 37.9 Å². The van der Waals surface area contributed by atoms with Crippen LogP contribution in [0.5, 0.6) is 0 Å². The quantitative estimate of drug-likeness (QED) is 0.721. The van der Waals surface area contributed by atoms with Crippen LogP contribution in [0.3, 0.4) is 0 Å². The highest BCUT2D eigenvalue weighted by molar-refractivity contribution is 5.92. The lowest BCUT2D eigenvalue weighted by Gasteiger charge is -2.10. The van der Waals surface area contributed by atoms with Crippen LogP contribution >= 0.6 is 0 Å². The highest BCUT2D eigenvalue weighted by atomic mass is 16.1. The molecule has 1 amide bonds. The summed E-state index contributed by atoms with van der Waals surface area (Å²) in [4.78, 5) is 12.3. The lowest BCUT2D eigenvalue weighted by molar-refractivity contribution is -0.687. The second-order valence-electron chi connectivity index (χ2n) is 6.06. The van der Waals surface area contributed by atoms with Gasteiger partial charge in [-0.1, -0.05) is 48.5 Å². The zero-order valence-corrected chi connectivity index (χ0v) is 14.1.